The standard InChI is InChI=1S/C15H9BrN2O2/c16-9-4-3-5-10(8-9)18-14(17)13(19)11-6-1-2-7-12(11)15(18)20/h1-8,17H. The lowest BCUT2D eigenvalue weighted by molar-refractivity contribution is 0.0966. The highest BCUT2D eigenvalue weighted by Crippen LogP contribution is 2.27. The number of amidine groups is 1. The largest absolute Gasteiger partial charge is 0.285 e. The Morgan fingerprint density at radius 2 is 1.65 bits per heavy atom. The highest BCUT2D eigenvalue weighted by atomic mass is 79.9. The number of fused-ring (bicyclic) bond motifs is 1. The van der Waals surface area contributed by atoms with Crippen molar-refractivity contribution in [1.29, 1.82) is 5.41 Å². The Bertz CT molecular complexity index is 755. The molecule has 0 saturated heterocycles. The number of anilines is 1. The van der Waals surface area contributed by atoms with Crippen molar-refractivity contribution in [2.75, 3.05) is 4.90 Å². The average molecular weight is 329 g/mol. The van der Waals surface area contributed by atoms with E-state index in [4.69, 9.17) is 5.41 Å². The van der Waals surface area contributed by atoms with E-state index < -0.39 is 5.78 Å². The maximum atomic E-state index is 12.5. The van der Waals surface area contributed by atoms with Gasteiger partial charge in [-0.1, -0.05) is 40.2 Å². The minimum atomic E-state index is -0.444. The summed E-state index contributed by atoms with van der Waals surface area (Å²) in [5, 5.41) is 7.96. The third-order valence-corrected chi connectivity index (χ3v) is 3.60. The first-order valence-corrected chi connectivity index (χ1v) is 6.71. The van der Waals surface area contributed by atoms with Gasteiger partial charge in [-0.15, -0.1) is 0 Å². The Labute approximate surface area is 123 Å². The molecule has 3 rings (SSSR count). The molecule has 0 radical (unpaired) electrons. The maximum Gasteiger partial charge on any atom is 0.264 e. The van der Waals surface area contributed by atoms with Crippen LogP contribution in [0.5, 0.6) is 0 Å². The van der Waals surface area contributed by atoms with Crippen molar-refractivity contribution >= 4 is 39.1 Å². The zero-order chi connectivity index (χ0) is 14.3. The van der Waals surface area contributed by atoms with Crippen molar-refractivity contribution in [3.63, 3.8) is 0 Å². The first kappa shape index (κ1) is 12.7. The van der Waals surface area contributed by atoms with Crippen LogP contribution in [0.25, 0.3) is 0 Å². The van der Waals surface area contributed by atoms with Gasteiger partial charge in [0.2, 0.25) is 5.78 Å². The van der Waals surface area contributed by atoms with Crippen LogP contribution >= 0.6 is 15.9 Å². The van der Waals surface area contributed by atoms with Crippen molar-refractivity contribution < 1.29 is 9.59 Å². The molecule has 1 amide bonds. The molecule has 2 aromatic rings. The van der Waals surface area contributed by atoms with Gasteiger partial charge in [0.25, 0.3) is 5.91 Å². The molecule has 0 aromatic heterocycles. The molecule has 20 heavy (non-hydrogen) atoms. The van der Waals surface area contributed by atoms with Crippen molar-refractivity contribution in [1.82, 2.24) is 0 Å². The normalized spacial score (nSPS) is 14.4. The number of ketones is 1. The Balaban J connectivity index is 2.17. The van der Waals surface area contributed by atoms with Crippen molar-refractivity contribution in [3.8, 4) is 0 Å². The lowest BCUT2D eigenvalue weighted by Gasteiger charge is -2.27. The summed E-state index contributed by atoms with van der Waals surface area (Å²) < 4.78 is 0.780. The lowest BCUT2D eigenvalue weighted by Crippen LogP contribution is -2.46. The molecular weight excluding hydrogens is 320 g/mol. The first-order chi connectivity index (χ1) is 9.59. The molecule has 0 fully saturated rings. The predicted molar refractivity (Wildman–Crippen MR) is 79.5 cm³/mol. The van der Waals surface area contributed by atoms with Gasteiger partial charge in [-0.25, -0.2) is 0 Å². The summed E-state index contributed by atoms with van der Waals surface area (Å²) in [6.07, 6.45) is 0. The maximum absolute atomic E-state index is 12.5. The quantitative estimate of drug-likeness (QED) is 0.873. The number of hydrogen-bond donors (Lipinski definition) is 1. The van der Waals surface area contributed by atoms with E-state index in [1.165, 1.54) is 0 Å². The SMILES string of the molecule is N=C1C(=O)c2ccccc2C(=O)N1c1cccc(Br)c1. The molecule has 0 saturated carbocycles. The molecule has 2 aromatic carbocycles. The minimum absolute atomic E-state index is 0.286. The fourth-order valence-corrected chi connectivity index (χ4v) is 2.57. The van der Waals surface area contributed by atoms with Crippen molar-refractivity contribution in [3.05, 3.63) is 64.1 Å². The third kappa shape index (κ3) is 1.87. The van der Waals surface area contributed by atoms with Crippen LogP contribution in [0.1, 0.15) is 20.7 Å². The van der Waals surface area contributed by atoms with E-state index in [0.717, 1.165) is 9.37 Å². The Kier molecular flexibility index (Phi) is 2.99. The summed E-state index contributed by atoms with van der Waals surface area (Å²) in [6.45, 7) is 0. The smallest absolute Gasteiger partial charge is 0.264 e. The van der Waals surface area contributed by atoms with E-state index in [-0.39, 0.29) is 17.3 Å². The van der Waals surface area contributed by atoms with Crippen molar-refractivity contribution in [2.24, 2.45) is 0 Å². The molecule has 1 N–H and O–H groups in total. The number of halogens is 1. The van der Waals surface area contributed by atoms with Gasteiger partial charge in [0, 0.05) is 10.0 Å². The number of nitrogens with one attached hydrogen (secondary N) is 1. The molecule has 0 atom stereocenters. The highest BCUT2D eigenvalue weighted by Gasteiger charge is 2.35. The van der Waals surface area contributed by atoms with Crippen LogP contribution in [0.4, 0.5) is 5.69 Å². The molecule has 0 bridgehead atoms. The zero-order valence-electron chi connectivity index (χ0n) is 10.3. The summed E-state index contributed by atoms with van der Waals surface area (Å²) in [6, 6.07) is 13.5. The van der Waals surface area contributed by atoms with Gasteiger partial charge < -0.3 is 0 Å². The topological polar surface area (TPSA) is 61.2 Å². The fourth-order valence-electron chi connectivity index (χ4n) is 2.18. The van der Waals surface area contributed by atoms with E-state index >= 15 is 0 Å². The molecule has 5 heteroatoms. The Hall–Kier alpha value is -2.27. The molecule has 4 nitrogen and oxygen atoms in total. The number of hydrogen-bond acceptors (Lipinski definition) is 3. The average Bonchev–Trinajstić information content (AvgIpc) is 2.45. The molecule has 1 aliphatic rings. The van der Waals surface area contributed by atoms with Crippen LogP contribution in [-0.2, 0) is 0 Å². The first-order valence-electron chi connectivity index (χ1n) is 5.92. The van der Waals surface area contributed by atoms with Gasteiger partial charge in [0.05, 0.1) is 11.3 Å². The van der Waals surface area contributed by atoms with E-state index in [2.05, 4.69) is 15.9 Å². The second-order valence-electron chi connectivity index (χ2n) is 4.34. The molecular formula is C15H9BrN2O2. The van der Waals surface area contributed by atoms with E-state index in [9.17, 15) is 9.59 Å². The van der Waals surface area contributed by atoms with Crippen LogP contribution in [0.15, 0.2) is 53.0 Å². The van der Waals surface area contributed by atoms with E-state index in [0.29, 0.717) is 11.3 Å². The second kappa shape index (κ2) is 4.68. The predicted octanol–water partition coefficient (Wildman–Crippen LogP) is 3.27. The number of nitrogens with zero attached hydrogens (tertiary/aromatic N) is 1. The summed E-state index contributed by atoms with van der Waals surface area (Å²) in [4.78, 5) is 25.8. The number of benzene rings is 2. The Morgan fingerprint density at radius 1 is 0.950 bits per heavy atom. The molecule has 0 unspecified atom stereocenters. The highest BCUT2D eigenvalue weighted by molar-refractivity contribution is 9.10. The van der Waals surface area contributed by atoms with Crippen molar-refractivity contribution in [2.45, 2.75) is 0 Å². The number of rotatable bonds is 1. The monoisotopic (exact) mass is 328 g/mol. The number of carbonyl (C=O) groups is 2. The van der Waals surface area contributed by atoms with Gasteiger partial charge in [0.15, 0.2) is 5.84 Å². The van der Waals surface area contributed by atoms with Crippen LogP contribution in [0.3, 0.4) is 0 Å². The van der Waals surface area contributed by atoms with Crippen LogP contribution < -0.4 is 4.90 Å². The summed E-state index contributed by atoms with van der Waals surface area (Å²) in [5.41, 5.74) is 1.11. The lowest BCUT2D eigenvalue weighted by atomic mass is 9.96. The molecule has 1 heterocycles. The number of carbonyl (C=O) groups excluding carboxylic acids is 2. The van der Waals surface area contributed by atoms with Crippen LogP contribution in [0, 0.1) is 5.41 Å². The number of amides is 1. The van der Waals surface area contributed by atoms with Gasteiger partial charge in [-0.2, -0.15) is 0 Å². The second-order valence-corrected chi connectivity index (χ2v) is 5.26. The third-order valence-electron chi connectivity index (χ3n) is 3.11. The van der Waals surface area contributed by atoms with Gasteiger partial charge in [-0.3, -0.25) is 19.9 Å². The molecule has 1 aliphatic heterocycles. The molecule has 98 valence electrons. The number of Topliss-reactive ketones (excluding diaryl/α,β-unsaturated/α-hetero) is 1. The van der Waals surface area contributed by atoms with Crippen LogP contribution in [-0.4, -0.2) is 17.5 Å². The summed E-state index contributed by atoms with van der Waals surface area (Å²) in [7, 11) is 0. The van der Waals surface area contributed by atoms with E-state index in [1.807, 2.05) is 6.07 Å². The molecule has 0 aliphatic carbocycles. The Morgan fingerprint density at radius 3 is 2.35 bits per heavy atom. The fraction of sp³-hybridized carbons (Fsp3) is 0. The van der Waals surface area contributed by atoms with E-state index in [1.54, 1.807) is 42.5 Å². The molecule has 0 spiro atoms. The van der Waals surface area contributed by atoms with Crippen LogP contribution in [0.2, 0.25) is 0 Å². The van der Waals surface area contributed by atoms with Gasteiger partial charge in [0.1, 0.15) is 0 Å². The minimum Gasteiger partial charge on any atom is -0.285 e. The van der Waals surface area contributed by atoms with Gasteiger partial charge in [-0.05, 0) is 24.3 Å². The summed E-state index contributed by atoms with van der Waals surface area (Å²) >= 11 is 3.32. The zero-order valence-corrected chi connectivity index (χ0v) is 11.8. The van der Waals surface area contributed by atoms with Gasteiger partial charge >= 0.3 is 0 Å². The summed E-state index contributed by atoms with van der Waals surface area (Å²) in [5.74, 6) is -1.13.